The summed E-state index contributed by atoms with van der Waals surface area (Å²) in [4.78, 5) is 36.5. The molecule has 0 bridgehead atoms. The lowest BCUT2D eigenvalue weighted by Gasteiger charge is -2.20. The van der Waals surface area contributed by atoms with E-state index in [9.17, 15) is 14.4 Å². The molecule has 186 valence electrons. The van der Waals surface area contributed by atoms with Gasteiger partial charge in [0.1, 0.15) is 12.6 Å². The highest BCUT2D eigenvalue weighted by molar-refractivity contribution is 7.98. The Labute approximate surface area is 208 Å². The Morgan fingerprint density at radius 1 is 1.11 bits per heavy atom. The molecule has 2 aromatic rings. The molecule has 4 rings (SSSR count). The first kappa shape index (κ1) is 25.1. The minimum Gasteiger partial charge on any atom is -0.481 e. The summed E-state index contributed by atoms with van der Waals surface area (Å²) in [6, 6.07) is 15.5. The summed E-state index contributed by atoms with van der Waals surface area (Å²) >= 11 is 1.58. The maximum Gasteiger partial charge on any atom is 0.407 e. The number of benzene rings is 2. The van der Waals surface area contributed by atoms with E-state index in [0.717, 1.165) is 22.3 Å². The van der Waals surface area contributed by atoms with Crippen LogP contribution in [0.4, 0.5) is 4.79 Å². The topological polar surface area (TPSA) is 114 Å². The number of fused-ring (bicyclic) bond motifs is 3. The molecule has 2 aliphatic rings. The van der Waals surface area contributed by atoms with Crippen LogP contribution in [0.3, 0.4) is 0 Å². The van der Waals surface area contributed by atoms with E-state index in [-0.39, 0.29) is 37.7 Å². The number of carboxylic acids is 1. The number of rotatable bonds is 10. The van der Waals surface area contributed by atoms with Gasteiger partial charge in [-0.25, -0.2) is 4.79 Å². The van der Waals surface area contributed by atoms with Gasteiger partial charge in [0, 0.05) is 12.5 Å². The van der Waals surface area contributed by atoms with Gasteiger partial charge < -0.3 is 25.2 Å². The van der Waals surface area contributed by atoms with Crippen LogP contribution in [0.25, 0.3) is 11.1 Å². The summed E-state index contributed by atoms with van der Waals surface area (Å²) < 4.78 is 11.1. The van der Waals surface area contributed by atoms with E-state index >= 15 is 0 Å². The molecule has 3 N–H and O–H groups in total. The summed E-state index contributed by atoms with van der Waals surface area (Å²) in [5.74, 6) is -1.16. The molecule has 0 aromatic heterocycles. The van der Waals surface area contributed by atoms with E-state index in [0.29, 0.717) is 18.6 Å². The fourth-order valence-electron chi connectivity index (χ4n) is 4.64. The number of ether oxygens (including phenoxy) is 2. The molecule has 2 aromatic carbocycles. The van der Waals surface area contributed by atoms with Crippen LogP contribution < -0.4 is 10.6 Å². The van der Waals surface area contributed by atoms with Crippen LogP contribution in [-0.4, -0.2) is 67.0 Å². The van der Waals surface area contributed by atoms with Gasteiger partial charge in [-0.05, 0) is 47.1 Å². The molecule has 0 saturated carbocycles. The highest BCUT2D eigenvalue weighted by atomic mass is 32.2. The highest BCUT2D eigenvalue weighted by Crippen LogP contribution is 2.44. The van der Waals surface area contributed by atoms with Crippen molar-refractivity contribution in [3.05, 3.63) is 59.7 Å². The number of amides is 2. The van der Waals surface area contributed by atoms with E-state index in [4.69, 9.17) is 14.6 Å². The average molecular weight is 499 g/mol. The highest BCUT2D eigenvalue weighted by Gasteiger charge is 2.32. The van der Waals surface area contributed by atoms with Crippen molar-refractivity contribution < 1.29 is 29.0 Å². The first-order valence-electron chi connectivity index (χ1n) is 11.7. The zero-order valence-corrected chi connectivity index (χ0v) is 20.4. The number of alkyl carbamates (subject to hydrolysis) is 1. The third-order valence-electron chi connectivity index (χ3n) is 6.50. The fraction of sp³-hybridized carbons (Fsp3) is 0.423. The Kier molecular flexibility index (Phi) is 8.30. The van der Waals surface area contributed by atoms with E-state index in [1.54, 1.807) is 11.8 Å². The summed E-state index contributed by atoms with van der Waals surface area (Å²) in [5.41, 5.74) is 4.53. The van der Waals surface area contributed by atoms with Crippen molar-refractivity contribution in [2.45, 2.75) is 30.9 Å². The molecule has 0 radical (unpaired) electrons. The van der Waals surface area contributed by atoms with Crippen LogP contribution in [-0.2, 0) is 19.1 Å². The lowest BCUT2D eigenvalue weighted by atomic mass is 9.98. The minimum absolute atomic E-state index is 0.0617. The number of aliphatic carboxylic acids is 1. The molecule has 1 fully saturated rings. The van der Waals surface area contributed by atoms with Crippen molar-refractivity contribution >= 4 is 29.7 Å². The third kappa shape index (κ3) is 5.97. The first-order valence-corrected chi connectivity index (χ1v) is 13.1. The Morgan fingerprint density at radius 2 is 1.77 bits per heavy atom. The number of hydrogen-bond acceptors (Lipinski definition) is 6. The second-order valence-corrected chi connectivity index (χ2v) is 9.76. The van der Waals surface area contributed by atoms with Gasteiger partial charge in [0.15, 0.2) is 0 Å². The quantitative estimate of drug-likeness (QED) is 0.461. The van der Waals surface area contributed by atoms with Crippen LogP contribution in [0.5, 0.6) is 0 Å². The van der Waals surface area contributed by atoms with Gasteiger partial charge in [-0.1, -0.05) is 48.5 Å². The Hall–Kier alpha value is -3.04. The maximum absolute atomic E-state index is 12.8. The Bertz CT molecular complexity index is 1030. The van der Waals surface area contributed by atoms with Crippen molar-refractivity contribution in [3.63, 3.8) is 0 Å². The zero-order valence-electron chi connectivity index (χ0n) is 19.6. The second kappa shape index (κ2) is 11.6. The lowest BCUT2D eigenvalue weighted by molar-refractivity contribution is -0.141. The molecule has 2 amide bonds. The largest absolute Gasteiger partial charge is 0.481 e. The number of carbonyl (C=O) groups excluding carboxylic acids is 2. The average Bonchev–Trinajstić information content (AvgIpc) is 3.47. The van der Waals surface area contributed by atoms with Crippen molar-refractivity contribution in [1.82, 2.24) is 10.6 Å². The number of carbonyl (C=O) groups is 3. The van der Waals surface area contributed by atoms with Gasteiger partial charge >= 0.3 is 12.1 Å². The zero-order chi connectivity index (χ0) is 24.8. The standard InChI is InChI=1S/C26H30N2O6S/c1-35-11-10-23(24(29)27-13-17-12-16(14-33-17)25(30)31)28-26(32)34-15-22-20-8-4-2-6-18(20)19-7-3-5-9-21(19)22/h2-9,16-17,22-23H,10-15H2,1H3,(H,27,29)(H,28,32)(H,30,31)/t16?,17?,23-/m0/s1. The number of carboxylic acid groups (broad SMARTS) is 1. The molecular weight excluding hydrogens is 468 g/mol. The molecule has 0 spiro atoms. The minimum atomic E-state index is -0.895. The van der Waals surface area contributed by atoms with Gasteiger partial charge in [0.2, 0.25) is 5.91 Å². The van der Waals surface area contributed by atoms with Crippen molar-refractivity contribution in [3.8, 4) is 11.1 Å². The molecule has 35 heavy (non-hydrogen) atoms. The van der Waals surface area contributed by atoms with Gasteiger partial charge in [-0.15, -0.1) is 0 Å². The molecule has 1 saturated heterocycles. The second-order valence-electron chi connectivity index (χ2n) is 8.78. The number of nitrogens with one attached hydrogen (secondary N) is 2. The normalized spacial score (nSPS) is 19.5. The summed E-state index contributed by atoms with van der Waals surface area (Å²) in [6.45, 7) is 0.512. The van der Waals surface area contributed by atoms with Crippen LogP contribution in [0.15, 0.2) is 48.5 Å². The molecule has 1 aliphatic carbocycles. The van der Waals surface area contributed by atoms with Crippen LogP contribution in [0, 0.1) is 5.92 Å². The van der Waals surface area contributed by atoms with Crippen LogP contribution >= 0.6 is 11.8 Å². The van der Waals surface area contributed by atoms with Gasteiger partial charge in [-0.3, -0.25) is 9.59 Å². The molecule has 2 unspecified atom stereocenters. The van der Waals surface area contributed by atoms with E-state index in [2.05, 4.69) is 34.9 Å². The molecule has 8 nitrogen and oxygen atoms in total. The van der Waals surface area contributed by atoms with Crippen LogP contribution in [0.1, 0.15) is 29.9 Å². The van der Waals surface area contributed by atoms with Gasteiger partial charge in [-0.2, -0.15) is 11.8 Å². The van der Waals surface area contributed by atoms with E-state index in [1.165, 1.54) is 0 Å². The van der Waals surface area contributed by atoms with Gasteiger partial charge in [0.25, 0.3) is 0 Å². The molecule has 1 heterocycles. The third-order valence-corrected chi connectivity index (χ3v) is 7.14. The predicted molar refractivity (Wildman–Crippen MR) is 133 cm³/mol. The van der Waals surface area contributed by atoms with Crippen molar-refractivity contribution in [1.29, 1.82) is 0 Å². The van der Waals surface area contributed by atoms with Crippen molar-refractivity contribution in [2.75, 3.05) is 31.8 Å². The Balaban J connectivity index is 1.32. The Morgan fingerprint density at radius 3 is 2.37 bits per heavy atom. The fourth-order valence-corrected chi connectivity index (χ4v) is 5.12. The lowest BCUT2D eigenvalue weighted by Crippen LogP contribution is -2.48. The summed E-state index contributed by atoms with van der Waals surface area (Å²) in [6.07, 6.45) is 1.73. The van der Waals surface area contributed by atoms with Crippen LogP contribution in [0.2, 0.25) is 0 Å². The number of thioether (sulfide) groups is 1. The van der Waals surface area contributed by atoms with Gasteiger partial charge in [0.05, 0.1) is 18.6 Å². The molecule has 3 atom stereocenters. The summed E-state index contributed by atoms with van der Waals surface area (Å²) in [7, 11) is 0. The molecule has 1 aliphatic heterocycles. The molecule has 9 heteroatoms. The smallest absolute Gasteiger partial charge is 0.407 e. The first-order chi connectivity index (χ1) is 17.0. The summed E-state index contributed by atoms with van der Waals surface area (Å²) in [5, 5.41) is 14.6. The number of hydrogen-bond donors (Lipinski definition) is 3. The van der Waals surface area contributed by atoms with Crippen molar-refractivity contribution in [2.24, 2.45) is 5.92 Å². The monoisotopic (exact) mass is 498 g/mol. The SMILES string of the molecule is CSCC[C@H](NC(=O)OCC1c2ccccc2-c2ccccc21)C(=O)NCC1CC(C(=O)O)CO1. The maximum atomic E-state index is 12.8. The van der Waals surface area contributed by atoms with E-state index < -0.39 is 24.0 Å². The van der Waals surface area contributed by atoms with E-state index in [1.807, 2.05) is 30.5 Å². The predicted octanol–water partition coefficient (Wildman–Crippen LogP) is 3.25. The molecular formula is C26H30N2O6S.